The van der Waals surface area contributed by atoms with E-state index in [0.29, 0.717) is 0 Å². The molecule has 0 aromatic carbocycles. The molecule has 1 aliphatic rings. The second-order valence-electron chi connectivity index (χ2n) is 5.51. The molecule has 19 heavy (non-hydrogen) atoms. The summed E-state index contributed by atoms with van der Waals surface area (Å²) in [4.78, 5) is 23.3. The first-order valence-electron chi connectivity index (χ1n) is 5.83. The van der Waals surface area contributed by atoms with E-state index in [4.69, 9.17) is 5.11 Å². The minimum Gasteiger partial charge on any atom is -0.465 e. The molecule has 0 aliphatic carbocycles. The number of rotatable bonds is 1. The Balaban J connectivity index is 3.46. The van der Waals surface area contributed by atoms with Gasteiger partial charge in [-0.1, -0.05) is 0 Å². The number of hydrogen-bond acceptors (Lipinski definition) is 2. The Hall–Kier alpha value is -1.47. The molecule has 5 nitrogen and oxygen atoms in total. The van der Waals surface area contributed by atoms with E-state index < -0.39 is 35.7 Å². The Bertz CT molecular complexity index is 390. The smallest absolute Gasteiger partial charge is 0.420 e. The minimum absolute atomic E-state index is 0.0745. The molecular weight excluding hydrogens is 265 g/mol. The van der Waals surface area contributed by atoms with Gasteiger partial charge in [0.2, 0.25) is 5.54 Å². The molecular formula is C11H17F3N2O3. The largest absolute Gasteiger partial charge is 0.465 e. The van der Waals surface area contributed by atoms with Gasteiger partial charge in [-0.05, 0) is 33.6 Å². The summed E-state index contributed by atoms with van der Waals surface area (Å²) in [6.45, 7) is 4.11. The molecule has 0 spiro atoms. The number of carbonyl (C=O) groups is 2. The van der Waals surface area contributed by atoms with Crippen molar-refractivity contribution in [2.45, 2.75) is 50.9 Å². The summed E-state index contributed by atoms with van der Waals surface area (Å²) in [6, 6.07) is 0. The monoisotopic (exact) mass is 282 g/mol. The quantitative estimate of drug-likeness (QED) is 0.772. The van der Waals surface area contributed by atoms with E-state index in [1.54, 1.807) is 0 Å². The van der Waals surface area contributed by atoms with Gasteiger partial charge in [-0.25, -0.2) is 4.79 Å². The molecule has 2 N–H and O–H groups in total. The van der Waals surface area contributed by atoms with Crippen molar-refractivity contribution in [3.8, 4) is 0 Å². The summed E-state index contributed by atoms with van der Waals surface area (Å²) in [5.74, 6) is -1.30. The highest BCUT2D eigenvalue weighted by atomic mass is 19.4. The number of carbonyl (C=O) groups excluding carboxylic acids is 1. The predicted octanol–water partition coefficient (Wildman–Crippen LogP) is 1.98. The van der Waals surface area contributed by atoms with E-state index in [0.717, 1.165) is 0 Å². The summed E-state index contributed by atoms with van der Waals surface area (Å²) in [6.07, 6.45) is -7.22. The molecule has 0 unspecified atom stereocenters. The second-order valence-corrected chi connectivity index (χ2v) is 5.51. The fourth-order valence-electron chi connectivity index (χ4n) is 2.44. The average Bonchev–Trinajstić information content (AvgIpc) is 2.16. The molecule has 0 aromatic heterocycles. The number of alkyl halides is 3. The molecule has 0 aromatic rings. The molecule has 8 heteroatoms. The van der Waals surface area contributed by atoms with E-state index in [1.807, 2.05) is 0 Å². The normalized spacial score (nSPS) is 24.8. The van der Waals surface area contributed by atoms with Crippen molar-refractivity contribution in [2.75, 3.05) is 6.54 Å². The van der Waals surface area contributed by atoms with Gasteiger partial charge >= 0.3 is 12.3 Å². The molecule has 110 valence electrons. The van der Waals surface area contributed by atoms with Gasteiger partial charge in [-0.15, -0.1) is 0 Å². The number of nitrogens with one attached hydrogen (secondary N) is 1. The number of amides is 2. The lowest BCUT2D eigenvalue weighted by Crippen LogP contribution is -2.73. The topological polar surface area (TPSA) is 69.6 Å². The summed E-state index contributed by atoms with van der Waals surface area (Å²) in [5.41, 5.74) is -4.37. The third-order valence-corrected chi connectivity index (χ3v) is 3.09. The highest BCUT2D eigenvalue weighted by Gasteiger charge is 2.67. The summed E-state index contributed by atoms with van der Waals surface area (Å²) in [7, 11) is 0. The molecule has 1 aliphatic heterocycles. The van der Waals surface area contributed by atoms with Crippen molar-refractivity contribution in [1.82, 2.24) is 10.2 Å². The number of piperidine rings is 1. The Labute approximate surface area is 108 Å². The number of carboxylic acid groups (broad SMARTS) is 1. The van der Waals surface area contributed by atoms with Gasteiger partial charge in [0, 0.05) is 12.1 Å². The maximum atomic E-state index is 13.4. The van der Waals surface area contributed by atoms with Gasteiger partial charge in [-0.2, -0.15) is 13.2 Å². The molecule has 0 radical (unpaired) electrons. The molecule has 1 saturated heterocycles. The van der Waals surface area contributed by atoms with Crippen molar-refractivity contribution in [3.05, 3.63) is 0 Å². The van der Waals surface area contributed by atoms with E-state index >= 15 is 0 Å². The van der Waals surface area contributed by atoms with Gasteiger partial charge in [0.15, 0.2) is 0 Å². The number of hydrogen-bond donors (Lipinski definition) is 2. The van der Waals surface area contributed by atoms with E-state index in [2.05, 4.69) is 5.32 Å². The molecule has 0 bridgehead atoms. The molecule has 0 saturated carbocycles. The van der Waals surface area contributed by atoms with Crippen LogP contribution in [0.2, 0.25) is 0 Å². The Kier molecular flexibility index (Phi) is 3.75. The third-order valence-electron chi connectivity index (χ3n) is 3.09. The van der Waals surface area contributed by atoms with E-state index in [9.17, 15) is 22.8 Å². The zero-order valence-electron chi connectivity index (χ0n) is 11.0. The van der Waals surface area contributed by atoms with Crippen LogP contribution in [0.1, 0.15) is 33.6 Å². The third kappa shape index (κ3) is 2.48. The maximum Gasteiger partial charge on any atom is 0.420 e. The standard InChI is InChI=1S/C11H17F3N2O3/c1-9(2,3)16(8(18)19)10(11(12,13)14)5-4-6-15-7(10)17/h4-6H2,1-3H3,(H,15,17)(H,18,19)/t10-/m0/s1. The Morgan fingerprint density at radius 3 is 2.21 bits per heavy atom. The van der Waals surface area contributed by atoms with Crippen molar-refractivity contribution >= 4 is 12.0 Å². The highest BCUT2D eigenvalue weighted by molar-refractivity contribution is 5.91. The van der Waals surface area contributed by atoms with Crippen LogP contribution in [0.4, 0.5) is 18.0 Å². The van der Waals surface area contributed by atoms with E-state index in [1.165, 1.54) is 20.8 Å². The average molecular weight is 282 g/mol. The van der Waals surface area contributed by atoms with Crippen LogP contribution >= 0.6 is 0 Å². The predicted molar refractivity (Wildman–Crippen MR) is 60.6 cm³/mol. The second kappa shape index (κ2) is 4.57. The van der Waals surface area contributed by atoms with Crippen LogP contribution < -0.4 is 5.32 Å². The first-order valence-corrected chi connectivity index (χ1v) is 5.83. The van der Waals surface area contributed by atoms with Gasteiger partial charge in [0.25, 0.3) is 5.91 Å². The number of halogens is 3. The van der Waals surface area contributed by atoms with Crippen molar-refractivity contribution in [2.24, 2.45) is 0 Å². The van der Waals surface area contributed by atoms with Crippen LogP contribution in [-0.4, -0.2) is 45.8 Å². The maximum absolute atomic E-state index is 13.4. The van der Waals surface area contributed by atoms with Crippen molar-refractivity contribution in [1.29, 1.82) is 0 Å². The fraction of sp³-hybridized carbons (Fsp3) is 0.818. The number of nitrogens with zero attached hydrogens (tertiary/aromatic N) is 1. The lowest BCUT2D eigenvalue weighted by Gasteiger charge is -2.49. The van der Waals surface area contributed by atoms with Gasteiger partial charge < -0.3 is 10.4 Å². The summed E-state index contributed by atoms with van der Waals surface area (Å²) in [5, 5.41) is 11.3. The lowest BCUT2D eigenvalue weighted by molar-refractivity contribution is -0.237. The molecule has 1 fully saturated rings. The summed E-state index contributed by atoms with van der Waals surface area (Å²) < 4.78 is 40.3. The van der Waals surface area contributed by atoms with Crippen LogP contribution in [0.15, 0.2) is 0 Å². The molecule has 1 heterocycles. The van der Waals surface area contributed by atoms with Crippen LogP contribution in [0.25, 0.3) is 0 Å². The first-order chi connectivity index (χ1) is 8.44. The van der Waals surface area contributed by atoms with Gasteiger partial charge in [0.1, 0.15) is 0 Å². The molecule has 1 rings (SSSR count). The minimum atomic E-state index is -4.97. The Morgan fingerprint density at radius 2 is 1.89 bits per heavy atom. The first kappa shape index (κ1) is 15.6. The summed E-state index contributed by atoms with van der Waals surface area (Å²) >= 11 is 0. The van der Waals surface area contributed by atoms with E-state index in [-0.39, 0.29) is 17.9 Å². The SMILES string of the molecule is CC(C)(C)N(C(=O)O)[C@@]1(C(F)(F)F)CCCNC1=O. The fourth-order valence-corrected chi connectivity index (χ4v) is 2.44. The van der Waals surface area contributed by atoms with Gasteiger partial charge in [-0.3, -0.25) is 9.69 Å². The van der Waals surface area contributed by atoms with Crippen LogP contribution in [0, 0.1) is 0 Å². The molecule has 2 amide bonds. The zero-order valence-corrected chi connectivity index (χ0v) is 11.0. The van der Waals surface area contributed by atoms with Crippen molar-refractivity contribution in [3.63, 3.8) is 0 Å². The Morgan fingerprint density at radius 1 is 1.37 bits per heavy atom. The highest BCUT2D eigenvalue weighted by Crippen LogP contribution is 2.44. The zero-order chi connectivity index (χ0) is 15.1. The van der Waals surface area contributed by atoms with Gasteiger partial charge in [0.05, 0.1) is 0 Å². The lowest BCUT2D eigenvalue weighted by atomic mass is 9.83. The van der Waals surface area contributed by atoms with Crippen LogP contribution in [0.5, 0.6) is 0 Å². The van der Waals surface area contributed by atoms with Crippen LogP contribution in [0.3, 0.4) is 0 Å². The van der Waals surface area contributed by atoms with Crippen LogP contribution in [-0.2, 0) is 4.79 Å². The molecule has 1 atom stereocenters. The van der Waals surface area contributed by atoms with Crippen molar-refractivity contribution < 1.29 is 27.9 Å².